The van der Waals surface area contributed by atoms with E-state index in [9.17, 15) is 0 Å². The third-order valence-corrected chi connectivity index (χ3v) is 1.92. The van der Waals surface area contributed by atoms with E-state index in [2.05, 4.69) is 33.0 Å². The second-order valence-corrected chi connectivity index (χ2v) is 3.40. The fourth-order valence-electron chi connectivity index (χ4n) is 0.652. The van der Waals surface area contributed by atoms with Crippen molar-refractivity contribution in [1.82, 2.24) is 5.32 Å². The van der Waals surface area contributed by atoms with Crippen LogP contribution < -0.4 is 5.32 Å². The summed E-state index contributed by atoms with van der Waals surface area (Å²) in [6, 6.07) is 0. The molecule has 10 heavy (non-hydrogen) atoms. The van der Waals surface area contributed by atoms with Gasteiger partial charge >= 0.3 is 0 Å². The van der Waals surface area contributed by atoms with E-state index >= 15 is 0 Å². The summed E-state index contributed by atoms with van der Waals surface area (Å²) in [6.45, 7) is 9.83. The van der Waals surface area contributed by atoms with E-state index in [4.69, 9.17) is 0 Å². The van der Waals surface area contributed by atoms with E-state index in [0.29, 0.717) is 0 Å². The molecular weight excluding hydrogens is 122 g/mol. The minimum atomic E-state index is 0.217. The Morgan fingerprint density at radius 1 is 1.20 bits per heavy atom. The smallest absolute Gasteiger partial charge is 0.0298 e. The molecule has 0 aliphatic rings. The average molecular weight is 142 g/mol. The second-order valence-electron chi connectivity index (χ2n) is 3.40. The Bertz CT molecular complexity index is 76.8. The van der Waals surface area contributed by atoms with Crippen molar-refractivity contribution in [3.8, 4) is 0 Å². The number of hydrogen-bond acceptors (Lipinski definition) is 0. The maximum atomic E-state index is 4.56. The zero-order chi connectivity index (χ0) is 8.04. The molecule has 0 N–H and O–H groups in total. The zero-order valence-corrected chi connectivity index (χ0v) is 7.78. The molecule has 0 rings (SSSR count). The molecule has 1 heteroatoms. The molecule has 61 valence electrons. The molecule has 0 unspecified atom stereocenters. The van der Waals surface area contributed by atoms with E-state index in [0.717, 1.165) is 13.0 Å². The van der Waals surface area contributed by atoms with Crippen LogP contribution in [0.25, 0.3) is 0 Å². The molecule has 0 aliphatic heterocycles. The first kappa shape index (κ1) is 9.96. The van der Waals surface area contributed by atoms with Crippen LogP contribution in [-0.2, 0) is 0 Å². The molecular formula is C9H20N. The zero-order valence-electron chi connectivity index (χ0n) is 7.78. The van der Waals surface area contributed by atoms with Gasteiger partial charge in [-0.15, -0.1) is 0 Å². The van der Waals surface area contributed by atoms with Gasteiger partial charge in [-0.25, -0.2) is 5.32 Å². The molecule has 0 saturated heterocycles. The molecule has 0 aliphatic carbocycles. The van der Waals surface area contributed by atoms with Crippen molar-refractivity contribution in [2.24, 2.45) is 0 Å². The largest absolute Gasteiger partial charge is 0.236 e. The average Bonchev–Trinajstić information content (AvgIpc) is 1.89. The summed E-state index contributed by atoms with van der Waals surface area (Å²) >= 11 is 0. The van der Waals surface area contributed by atoms with Crippen LogP contribution in [0.15, 0.2) is 0 Å². The minimum Gasteiger partial charge on any atom is -0.236 e. The highest BCUT2D eigenvalue weighted by atomic mass is 14.9. The Morgan fingerprint density at radius 3 is 2.20 bits per heavy atom. The SMILES string of the molecule is CCCC[N]C(C)(C)CC. The first-order valence-corrected chi connectivity index (χ1v) is 4.31. The number of unbranched alkanes of at least 4 members (excludes halogenated alkanes) is 1. The first-order valence-electron chi connectivity index (χ1n) is 4.31. The number of nitrogens with zero attached hydrogens (tertiary/aromatic N) is 1. The van der Waals surface area contributed by atoms with E-state index < -0.39 is 0 Å². The lowest BCUT2D eigenvalue weighted by Gasteiger charge is -2.21. The van der Waals surface area contributed by atoms with Crippen molar-refractivity contribution >= 4 is 0 Å². The van der Waals surface area contributed by atoms with Gasteiger partial charge in [0.05, 0.1) is 0 Å². The van der Waals surface area contributed by atoms with E-state index in [1.807, 2.05) is 0 Å². The quantitative estimate of drug-likeness (QED) is 0.524. The summed E-state index contributed by atoms with van der Waals surface area (Å²) in [6.07, 6.45) is 3.64. The lowest BCUT2D eigenvalue weighted by atomic mass is 10.0. The number of hydrogen-bond donors (Lipinski definition) is 0. The second kappa shape index (κ2) is 4.73. The Labute approximate surface area is 65.2 Å². The lowest BCUT2D eigenvalue weighted by molar-refractivity contribution is 0.364. The minimum absolute atomic E-state index is 0.217. The van der Waals surface area contributed by atoms with Gasteiger partial charge in [0.2, 0.25) is 0 Å². The first-order chi connectivity index (χ1) is 4.62. The number of rotatable bonds is 5. The molecule has 0 heterocycles. The summed E-state index contributed by atoms with van der Waals surface area (Å²) in [5.41, 5.74) is 0.217. The summed E-state index contributed by atoms with van der Waals surface area (Å²) in [5, 5.41) is 4.56. The maximum absolute atomic E-state index is 4.56. The third kappa shape index (κ3) is 4.80. The highest BCUT2D eigenvalue weighted by molar-refractivity contribution is 4.73. The molecule has 0 saturated carbocycles. The Morgan fingerprint density at radius 2 is 1.80 bits per heavy atom. The fourth-order valence-corrected chi connectivity index (χ4v) is 0.652. The van der Waals surface area contributed by atoms with Gasteiger partial charge < -0.3 is 0 Å². The molecule has 0 fully saturated rings. The molecule has 0 amide bonds. The van der Waals surface area contributed by atoms with Gasteiger partial charge in [-0.05, 0) is 26.7 Å². The molecule has 1 nitrogen and oxygen atoms in total. The monoisotopic (exact) mass is 142 g/mol. The predicted octanol–water partition coefficient (Wildman–Crippen LogP) is 2.58. The van der Waals surface area contributed by atoms with E-state index in [1.165, 1.54) is 12.8 Å². The predicted molar refractivity (Wildman–Crippen MR) is 46.3 cm³/mol. The van der Waals surface area contributed by atoms with Gasteiger partial charge in [0.15, 0.2) is 0 Å². The van der Waals surface area contributed by atoms with Crippen LogP contribution in [0.1, 0.15) is 47.0 Å². The maximum Gasteiger partial charge on any atom is 0.0298 e. The fraction of sp³-hybridized carbons (Fsp3) is 1.00. The van der Waals surface area contributed by atoms with Gasteiger partial charge in [0.1, 0.15) is 0 Å². The third-order valence-electron chi connectivity index (χ3n) is 1.92. The summed E-state index contributed by atoms with van der Waals surface area (Å²) in [7, 11) is 0. The van der Waals surface area contributed by atoms with Crippen molar-refractivity contribution in [3.63, 3.8) is 0 Å². The summed E-state index contributed by atoms with van der Waals surface area (Å²) in [4.78, 5) is 0. The van der Waals surface area contributed by atoms with Crippen molar-refractivity contribution in [1.29, 1.82) is 0 Å². The normalized spacial score (nSPS) is 12.0. The summed E-state index contributed by atoms with van der Waals surface area (Å²) in [5.74, 6) is 0. The molecule has 0 bridgehead atoms. The Kier molecular flexibility index (Phi) is 4.71. The highest BCUT2D eigenvalue weighted by Gasteiger charge is 2.13. The lowest BCUT2D eigenvalue weighted by Crippen LogP contribution is -2.32. The molecule has 0 atom stereocenters. The van der Waals surface area contributed by atoms with Crippen molar-refractivity contribution in [2.75, 3.05) is 6.54 Å². The molecule has 0 spiro atoms. The van der Waals surface area contributed by atoms with Crippen LogP contribution >= 0.6 is 0 Å². The van der Waals surface area contributed by atoms with Crippen LogP contribution in [0.4, 0.5) is 0 Å². The van der Waals surface area contributed by atoms with Crippen molar-refractivity contribution in [3.05, 3.63) is 0 Å². The van der Waals surface area contributed by atoms with E-state index in [-0.39, 0.29) is 5.54 Å². The van der Waals surface area contributed by atoms with Gasteiger partial charge in [-0.3, -0.25) is 0 Å². The Balaban J connectivity index is 3.28. The highest BCUT2D eigenvalue weighted by Crippen LogP contribution is 2.08. The van der Waals surface area contributed by atoms with Crippen molar-refractivity contribution in [2.45, 2.75) is 52.5 Å². The van der Waals surface area contributed by atoms with Crippen LogP contribution in [0.3, 0.4) is 0 Å². The van der Waals surface area contributed by atoms with Crippen LogP contribution in [0, 0.1) is 0 Å². The molecule has 1 radical (unpaired) electrons. The van der Waals surface area contributed by atoms with Crippen LogP contribution in [-0.4, -0.2) is 12.1 Å². The molecule has 0 aromatic heterocycles. The molecule has 0 aromatic rings. The van der Waals surface area contributed by atoms with E-state index in [1.54, 1.807) is 0 Å². The topological polar surface area (TPSA) is 14.1 Å². The van der Waals surface area contributed by atoms with Crippen LogP contribution in [0.5, 0.6) is 0 Å². The van der Waals surface area contributed by atoms with Gasteiger partial charge in [-0.2, -0.15) is 0 Å². The molecule has 0 aromatic carbocycles. The van der Waals surface area contributed by atoms with Crippen LogP contribution in [0.2, 0.25) is 0 Å². The summed E-state index contributed by atoms with van der Waals surface area (Å²) < 4.78 is 0. The Hall–Kier alpha value is -0.0400. The standard InChI is InChI=1S/C9H20N/c1-5-7-8-10-9(3,4)6-2/h5-8H2,1-4H3. The van der Waals surface area contributed by atoms with Crippen molar-refractivity contribution < 1.29 is 0 Å². The van der Waals surface area contributed by atoms with Gasteiger partial charge in [0, 0.05) is 12.1 Å². The van der Waals surface area contributed by atoms with Gasteiger partial charge in [-0.1, -0.05) is 20.3 Å². The van der Waals surface area contributed by atoms with Gasteiger partial charge in [0.25, 0.3) is 0 Å².